The fourth-order valence-electron chi connectivity index (χ4n) is 1.54. The van der Waals surface area contributed by atoms with E-state index in [2.05, 4.69) is 5.32 Å². The van der Waals surface area contributed by atoms with Gasteiger partial charge in [0.1, 0.15) is 0 Å². The van der Waals surface area contributed by atoms with Crippen LogP contribution < -0.4 is 10.1 Å². The lowest BCUT2D eigenvalue weighted by Crippen LogP contribution is -2.38. The average molecular weight is 282 g/mol. The first kappa shape index (κ1) is 15.9. The van der Waals surface area contributed by atoms with Crippen LogP contribution in [-0.2, 0) is 0 Å². The number of aliphatic hydroxyl groups is 1. The maximum absolute atomic E-state index is 12.0. The van der Waals surface area contributed by atoms with E-state index in [1.807, 2.05) is 0 Å². The minimum atomic E-state index is -1.07. The van der Waals surface area contributed by atoms with E-state index in [-0.39, 0.29) is 30.2 Å². The molecule has 0 aliphatic carbocycles. The lowest BCUT2D eigenvalue weighted by molar-refractivity contribution is -0.385. The normalized spacial score (nSPS) is 11.0. The van der Waals surface area contributed by atoms with Crippen molar-refractivity contribution in [1.82, 2.24) is 5.32 Å². The topological polar surface area (TPSA) is 102 Å². The van der Waals surface area contributed by atoms with Crippen LogP contribution in [0.5, 0.6) is 5.75 Å². The highest BCUT2D eigenvalue weighted by molar-refractivity contribution is 5.98. The molecule has 1 rings (SSSR count). The largest absolute Gasteiger partial charge is 0.487 e. The van der Waals surface area contributed by atoms with Crippen LogP contribution in [0.25, 0.3) is 0 Å². The number of nitrogens with one attached hydrogen (secondary N) is 1. The number of rotatable bonds is 6. The Morgan fingerprint density at radius 2 is 2.15 bits per heavy atom. The summed E-state index contributed by atoms with van der Waals surface area (Å²) >= 11 is 0. The van der Waals surface area contributed by atoms with E-state index in [1.54, 1.807) is 20.8 Å². The Kier molecular flexibility index (Phi) is 5.04. The molecule has 2 N–H and O–H groups in total. The van der Waals surface area contributed by atoms with Gasteiger partial charge < -0.3 is 15.2 Å². The monoisotopic (exact) mass is 282 g/mol. The molecular formula is C13H18N2O5. The highest BCUT2D eigenvalue weighted by atomic mass is 16.6. The van der Waals surface area contributed by atoms with E-state index in [4.69, 9.17) is 4.74 Å². The highest BCUT2D eigenvalue weighted by Gasteiger charge is 2.24. The van der Waals surface area contributed by atoms with Crippen LogP contribution in [-0.4, -0.2) is 34.7 Å². The molecule has 110 valence electrons. The molecule has 0 saturated carbocycles. The molecule has 0 aromatic heterocycles. The van der Waals surface area contributed by atoms with Gasteiger partial charge in [-0.2, -0.15) is 0 Å². The van der Waals surface area contributed by atoms with Crippen molar-refractivity contribution in [2.75, 3.05) is 13.2 Å². The third-order valence-corrected chi connectivity index (χ3v) is 2.41. The predicted molar refractivity (Wildman–Crippen MR) is 72.9 cm³/mol. The average Bonchev–Trinajstić information content (AvgIpc) is 2.35. The second kappa shape index (κ2) is 6.33. The number of hydrogen-bond donors (Lipinski definition) is 2. The molecule has 0 radical (unpaired) electrons. The number of carbonyl (C=O) groups excluding carboxylic acids is 1. The van der Waals surface area contributed by atoms with Crippen LogP contribution in [0.3, 0.4) is 0 Å². The van der Waals surface area contributed by atoms with Gasteiger partial charge in [0.15, 0.2) is 0 Å². The number of benzene rings is 1. The summed E-state index contributed by atoms with van der Waals surface area (Å²) in [6.45, 7) is 5.00. The summed E-state index contributed by atoms with van der Waals surface area (Å²) in [6, 6.07) is 4.13. The summed E-state index contributed by atoms with van der Waals surface area (Å²) in [7, 11) is 0. The molecule has 0 fully saturated rings. The lowest BCUT2D eigenvalue weighted by Gasteiger charge is -2.18. The zero-order chi connectivity index (χ0) is 15.3. The SMILES string of the molecule is CCOc1c(C(=O)NCC(C)(C)O)cccc1[N+](=O)[O-]. The zero-order valence-electron chi connectivity index (χ0n) is 11.7. The van der Waals surface area contributed by atoms with Gasteiger partial charge in [-0.1, -0.05) is 6.07 Å². The van der Waals surface area contributed by atoms with Crippen LogP contribution in [0.15, 0.2) is 18.2 Å². The number of amides is 1. The van der Waals surface area contributed by atoms with Crippen molar-refractivity contribution >= 4 is 11.6 Å². The molecular weight excluding hydrogens is 264 g/mol. The standard InChI is InChI=1S/C13H18N2O5/c1-4-20-11-9(6-5-7-10(11)15(18)19)12(16)14-8-13(2,3)17/h5-7,17H,4,8H2,1-3H3,(H,14,16). The summed E-state index contributed by atoms with van der Waals surface area (Å²) in [6.07, 6.45) is 0. The molecule has 0 unspecified atom stereocenters. The summed E-state index contributed by atoms with van der Waals surface area (Å²) < 4.78 is 5.22. The molecule has 0 heterocycles. The van der Waals surface area contributed by atoms with Gasteiger partial charge in [0.25, 0.3) is 5.91 Å². The predicted octanol–water partition coefficient (Wildman–Crippen LogP) is 1.49. The maximum atomic E-state index is 12.0. The molecule has 0 spiro atoms. The van der Waals surface area contributed by atoms with Crippen molar-refractivity contribution in [3.8, 4) is 5.75 Å². The van der Waals surface area contributed by atoms with Crippen molar-refractivity contribution in [2.24, 2.45) is 0 Å². The van der Waals surface area contributed by atoms with Crippen molar-refractivity contribution in [3.63, 3.8) is 0 Å². The minimum absolute atomic E-state index is 0.0279. The first-order chi connectivity index (χ1) is 9.26. The van der Waals surface area contributed by atoms with Crippen molar-refractivity contribution in [1.29, 1.82) is 0 Å². The van der Waals surface area contributed by atoms with Gasteiger partial charge in [0, 0.05) is 12.6 Å². The van der Waals surface area contributed by atoms with Crippen LogP contribution in [0.1, 0.15) is 31.1 Å². The smallest absolute Gasteiger partial charge is 0.311 e. The summed E-state index contributed by atoms with van der Waals surface area (Å²) in [5.74, 6) is -0.590. The van der Waals surface area contributed by atoms with Crippen LogP contribution in [0.2, 0.25) is 0 Å². The molecule has 1 amide bonds. The lowest BCUT2D eigenvalue weighted by atomic mass is 10.1. The molecule has 0 bridgehead atoms. The minimum Gasteiger partial charge on any atom is -0.487 e. The van der Waals surface area contributed by atoms with E-state index in [9.17, 15) is 20.0 Å². The Morgan fingerprint density at radius 1 is 1.50 bits per heavy atom. The van der Waals surface area contributed by atoms with Gasteiger partial charge in [-0.15, -0.1) is 0 Å². The fourth-order valence-corrected chi connectivity index (χ4v) is 1.54. The molecule has 0 aliphatic rings. The van der Waals surface area contributed by atoms with Gasteiger partial charge in [-0.3, -0.25) is 14.9 Å². The van der Waals surface area contributed by atoms with Crippen molar-refractivity contribution in [2.45, 2.75) is 26.4 Å². The molecule has 1 aromatic rings. The van der Waals surface area contributed by atoms with E-state index in [0.717, 1.165) is 0 Å². The zero-order valence-corrected chi connectivity index (χ0v) is 11.7. The summed E-state index contributed by atoms with van der Waals surface area (Å²) in [4.78, 5) is 22.4. The van der Waals surface area contributed by atoms with Crippen LogP contribution in [0.4, 0.5) is 5.69 Å². The quantitative estimate of drug-likeness (QED) is 0.608. The molecule has 0 aliphatic heterocycles. The third kappa shape index (κ3) is 4.20. The van der Waals surface area contributed by atoms with Crippen LogP contribution in [0, 0.1) is 10.1 Å². The number of para-hydroxylation sites is 1. The first-order valence-corrected chi connectivity index (χ1v) is 6.17. The summed E-state index contributed by atoms with van der Waals surface area (Å²) in [5.41, 5.74) is -1.25. The molecule has 20 heavy (non-hydrogen) atoms. The third-order valence-electron chi connectivity index (χ3n) is 2.41. The van der Waals surface area contributed by atoms with Gasteiger partial charge in [0.05, 0.1) is 22.7 Å². The number of nitro benzene ring substituents is 1. The van der Waals surface area contributed by atoms with E-state index >= 15 is 0 Å². The Bertz CT molecular complexity index is 508. The number of ether oxygens (including phenoxy) is 1. The van der Waals surface area contributed by atoms with Crippen molar-refractivity contribution in [3.05, 3.63) is 33.9 Å². The van der Waals surface area contributed by atoms with E-state index in [1.165, 1.54) is 18.2 Å². The summed E-state index contributed by atoms with van der Waals surface area (Å²) in [5, 5.41) is 23.0. The number of hydrogen-bond acceptors (Lipinski definition) is 5. The first-order valence-electron chi connectivity index (χ1n) is 6.17. The van der Waals surface area contributed by atoms with Gasteiger partial charge in [-0.05, 0) is 26.8 Å². The van der Waals surface area contributed by atoms with Crippen molar-refractivity contribution < 1.29 is 19.6 Å². The Balaban J connectivity index is 3.07. The highest BCUT2D eigenvalue weighted by Crippen LogP contribution is 2.30. The Morgan fingerprint density at radius 3 is 2.65 bits per heavy atom. The van der Waals surface area contributed by atoms with Gasteiger partial charge in [-0.25, -0.2) is 0 Å². The van der Waals surface area contributed by atoms with Gasteiger partial charge >= 0.3 is 5.69 Å². The number of nitrogens with zero attached hydrogens (tertiary/aromatic N) is 1. The fraction of sp³-hybridized carbons (Fsp3) is 0.462. The van der Waals surface area contributed by atoms with E-state index in [0.29, 0.717) is 0 Å². The number of carbonyl (C=O) groups is 1. The molecule has 0 atom stereocenters. The molecule has 7 heteroatoms. The van der Waals surface area contributed by atoms with Gasteiger partial charge in [0.2, 0.25) is 5.75 Å². The number of nitro groups is 1. The molecule has 0 saturated heterocycles. The Labute approximate surface area is 116 Å². The molecule has 7 nitrogen and oxygen atoms in total. The van der Waals surface area contributed by atoms with Crippen LogP contribution >= 0.6 is 0 Å². The maximum Gasteiger partial charge on any atom is 0.311 e. The Hall–Kier alpha value is -2.15. The second-order valence-corrected chi connectivity index (χ2v) is 4.84. The second-order valence-electron chi connectivity index (χ2n) is 4.84. The molecule has 1 aromatic carbocycles. The van der Waals surface area contributed by atoms with E-state index < -0.39 is 16.4 Å².